The maximum Gasteiger partial charge on any atom is 0.278 e. The molecule has 3 rings (SSSR count). The zero-order valence-electron chi connectivity index (χ0n) is 13.8. The van der Waals surface area contributed by atoms with Crippen LogP contribution in [0.1, 0.15) is 36.2 Å². The number of nitrogens with zero attached hydrogens (tertiary/aromatic N) is 3. The summed E-state index contributed by atoms with van der Waals surface area (Å²) in [5, 5.41) is 8.91. The molecule has 0 unspecified atom stereocenters. The predicted molar refractivity (Wildman–Crippen MR) is 87.6 cm³/mol. The summed E-state index contributed by atoms with van der Waals surface area (Å²) in [7, 11) is 1.52. The van der Waals surface area contributed by atoms with Gasteiger partial charge in [0.15, 0.2) is 0 Å². The zero-order valence-corrected chi connectivity index (χ0v) is 13.8. The normalized spacial score (nSPS) is 19.9. The molecular weight excluding hydrogens is 326 g/mol. The summed E-state index contributed by atoms with van der Waals surface area (Å²) in [5.41, 5.74) is -0.143. The van der Waals surface area contributed by atoms with E-state index in [9.17, 15) is 9.59 Å². The second-order valence-corrected chi connectivity index (χ2v) is 5.74. The number of methoxy groups -OCH3 is 1. The van der Waals surface area contributed by atoms with Crippen molar-refractivity contribution in [2.75, 3.05) is 7.11 Å². The second-order valence-electron chi connectivity index (χ2n) is 5.74. The Bertz CT molecular complexity index is 766. The number of ether oxygens (including phenoxy) is 2. The first-order valence-electron chi connectivity index (χ1n) is 8.04. The Morgan fingerprint density at radius 3 is 2.52 bits per heavy atom. The van der Waals surface area contributed by atoms with Crippen LogP contribution < -0.4 is 20.3 Å². The number of H-pyrrole nitrogens is 1. The summed E-state index contributed by atoms with van der Waals surface area (Å²) < 4.78 is 11.0. The van der Waals surface area contributed by atoms with Gasteiger partial charge in [0.05, 0.1) is 7.11 Å². The Morgan fingerprint density at radius 2 is 1.88 bits per heavy atom. The van der Waals surface area contributed by atoms with Crippen LogP contribution in [-0.2, 0) is 0 Å². The third-order valence-electron chi connectivity index (χ3n) is 4.03. The molecule has 1 fully saturated rings. The van der Waals surface area contributed by atoms with Gasteiger partial charge in [-0.2, -0.15) is 5.10 Å². The molecule has 1 aliphatic carbocycles. The highest BCUT2D eigenvalue weighted by atomic mass is 16.5. The minimum Gasteiger partial charge on any atom is -0.477 e. The van der Waals surface area contributed by atoms with Crippen molar-refractivity contribution in [3.05, 3.63) is 40.6 Å². The maximum atomic E-state index is 12.1. The number of aromatic nitrogens is 4. The molecule has 2 aromatic heterocycles. The van der Waals surface area contributed by atoms with Crippen molar-refractivity contribution in [1.82, 2.24) is 25.5 Å². The minimum atomic E-state index is -0.339. The number of carbonyl (C=O) groups is 1. The fourth-order valence-electron chi connectivity index (χ4n) is 2.75. The van der Waals surface area contributed by atoms with Crippen LogP contribution in [0.2, 0.25) is 0 Å². The van der Waals surface area contributed by atoms with E-state index in [0.29, 0.717) is 11.8 Å². The lowest BCUT2D eigenvalue weighted by Crippen LogP contribution is -2.40. The van der Waals surface area contributed by atoms with Crippen molar-refractivity contribution >= 4 is 5.91 Å². The predicted octanol–water partition coefficient (Wildman–Crippen LogP) is 0.688. The van der Waals surface area contributed by atoms with Crippen LogP contribution in [0, 0.1) is 0 Å². The third-order valence-corrected chi connectivity index (χ3v) is 4.03. The van der Waals surface area contributed by atoms with Crippen molar-refractivity contribution in [3.63, 3.8) is 0 Å². The van der Waals surface area contributed by atoms with Gasteiger partial charge >= 0.3 is 0 Å². The molecule has 0 aromatic carbocycles. The first-order valence-corrected chi connectivity index (χ1v) is 8.04. The first-order chi connectivity index (χ1) is 12.2. The van der Waals surface area contributed by atoms with Crippen molar-refractivity contribution in [2.24, 2.45) is 0 Å². The average Bonchev–Trinajstić information content (AvgIpc) is 2.64. The molecule has 2 aromatic rings. The Kier molecular flexibility index (Phi) is 5.22. The fourth-order valence-corrected chi connectivity index (χ4v) is 2.75. The van der Waals surface area contributed by atoms with Gasteiger partial charge in [-0.3, -0.25) is 9.59 Å². The van der Waals surface area contributed by atoms with E-state index in [2.05, 4.69) is 25.5 Å². The Morgan fingerprint density at radius 1 is 1.16 bits per heavy atom. The van der Waals surface area contributed by atoms with Crippen LogP contribution in [0.15, 0.2) is 29.3 Å². The molecule has 0 saturated heterocycles. The van der Waals surface area contributed by atoms with Gasteiger partial charge in [-0.25, -0.2) is 15.1 Å². The first kappa shape index (κ1) is 16.9. The molecule has 132 valence electrons. The molecule has 9 heteroatoms. The number of aromatic amines is 1. The van der Waals surface area contributed by atoms with Gasteiger partial charge in [-0.15, -0.1) is 0 Å². The van der Waals surface area contributed by atoms with Crippen LogP contribution in [0.5, 0.6) is 11.8 Å². The lowest BCUT2D eigenvalue weighted by Gasteiger charge is -2.29. The Labute approximate surface area is 143 Å². The molecule has 0 bridgehead atoms. The molecule has 2 N–H and O–H groups in total. The molecule has 1 amide bonds. The van der Waals surface area contributed by atoms with E-state index in [1.807, 2.05) is 0 Å². The molecule has 0 atom stereocenters. The monoisotopic (exact) mass is 345 g/mol. The number of hydrogen-bond acceptors (Lipinski definition) is 7. The topological polar surface area (TPSA) is 119 Å². The van der Waals surface area contributed by atoms with Gasteiger partial charge in [-0.1, -0.05) is 0 Å². The molecule has 1 aliphatic rings. The number of amides is 1. The van der Waals surface area contributed by atoms with Gasteiger partial charge in [0.1, 0.15) is 11.8 Å². The van der Waals surface area contributed by atoms with Crippen LogP contribution >= 0.6 is 0 Å². The van der Waals surface area contributed by atoms with Gasteiger partial charge in [0, 0.05) is 24.5 Å². The standard InChI is InChI=1S/C16H19N5O4/c1-24-15-16(18-9-8-17-15)25-11-4-2-10(3-5-11)19-14(23)12-6-7-13(22)21-20-12/h6-11H,2-5H2,1H3,(H,19,23)(H,21,22). The Balaban J connectivity index is 1.51. The quantitative estimate of drug-likeness (QED) is 0.818. The van der Waals surface area contributed by atoms with Crippen molar-refractivity contribution < 1.29 is 14.3 Å². The van der Waals surface area contributed by atoms with Gasteiger partial charge in [0.25, 0.3) is 23.2 Å². The summed E-state index contributed by atoms with van der Waals surface area (Å²) >= 11 is 0. The van der Waals surface area contributed by atoms with Crippen LogP contribution in [0.3, 0.4) is 0 Å². The molecule has 0 aliphatic heterocycles. The van der Waals surface area contributed by atoms with E-state index in [1.54, 1.807) is 12.4 Å². The molecular formula is C16H19N5O4. The Hall–Kier alpha value is -2.97. The number of nitrogens with one attached hydrogen (secondary N) is 2. The number of carbonyl (C=O) groups excluding carboxylic acids is 1. The molecule has 9 nitrogen and oxygen atoms in total. The average molecular weight is 345 g/mol. The summed E-state index contributed by atoms with van der Waals surface area (Å²) in [6, 6.07) is 2.73. The van der Waals surface area contributed by atoms with E-state index in [4.69, 9.17) is 9.47 Å². The summed E-state index contributed by atoms with van der Waals surface area (Å²) in [5.74, 6) is 0.452. The number of hydrogen-bond donors (Lipinski definition) is 2. The van der Waals surface area contributed by atoms with Crippen molar-refractivity contribution in [3.8, 4) is 11.8 Å². The van der Waals surface area contributed by atoms with Crippen LogP contribution in [0.25, 0.3) is 0 Å². The lowest BCUT2D eigenvalue weighted by atomic mass is 9.93. The highest BCUT2D eigenvalue weighted by Crippen LogP contribution is 2.27. The second kappa shape index (κ2) is 7.73. The van der Waals surface area contributed by atoms with E-state index in [-0.39, 0.29) is 29.3 Å². The van der Waals surface area contributed by atoms with E-state index >= 15 is 0 Å². The van der Waals surface area contributed by atoms with Crippen LogP contribution in [0.4, 0.5) is 0 Å². The van der Waals surface area contributed by atoms with Gasteiger partial charge in [-0.05, 0) is 31.7 Å². The highest BCUT2D eigenvalue weighted by Gasteiger charge is 2.25. The van der Waals surface area contributed by atoms with Crippen LogP contribution in [-0.4, -0.2) is 45.3 Å². The summed E-state index contributed by atoms with van der Waals surface area (Å²) in [4.78, 5) is 31.3. The van der Waals surface area contributed by atoms with Gasteiger partial charge < -0.3 is 14.8 Å². The van der Waals surface area contributed by atoms with E-state index in [0.717, 1.165) is 25.7 Å². The van der Waals surface area contributed by atoms with E-state index < -0.39 is 0 Å². The van der Waals surface area contributed by atoms with Crippen molar-refractivity contribution in [1.29, 1.82) is 0 Å². The summed E-state index contributed by atoms with van der Waals surface area (Å²) in [6.07, 6.45) is 6.23. The molecule has 1 saturated carbocycles. The fraction of sp³-hybridized carbons (Fsp3) is 0.438. The smallest absolute Gasteiger partial charge is 0.278 e. The SMILES string of the molecule is COc1nccnc1OC1CCC(NC(=O)c2ccc(=O)[nH]n2)CC1. The minimum absolute atomic E-state index is 0.00459. The van der Waals surface area contributed by atoms with Gasteiger partial charge in [0.2, 0.25) is 0 Å². The molecule has 0 spiro atoms. The molecule has 2 heterocycles. The van der Waals surface area contributed by atoms with E-state index in [1.165, 1.54) is 19.2 Å². The number of rotatable bonds is 5. The largest absolute Gasteiger partial charge is 0.477 e. The maximum absolute atomic E-state index is 12.1. The molecule has 0 radical (unpaired) electrons. The zero-order chi connectivity index (χ0) is 17.6. The van der Waals surface area contributed by atoms with Crippen molar-refractivity contribution in [2.45, 2.75) is 37.8 Å². The highest BCUT2D eigenvalue weighted by molar-refractivity contribution is 5.92. The third kappa shape index (κ3) is 4.31. The lowest BCUT2D eigenvalue weighted by molar-refractivity contribution is 0.0880. The molecule has 25 heavy (non-hydrogen) atoms. The summed E-state index contributed by atoms with van der Waals surface area (Å²) in [6.45, 7) is 0.